The monoisotopic (exact) mass is 212 g/mol. The lowest BCUT2D eigenvalue weighted by Gasteiger charge is -2.33. The minimum Gasteiger partial charge on any atom is -0.373 e. The highest BCUT2D eigenvalue weighted by atomic mass is 16.5. The van der Waals surface area contributed by atoms with Crippen LogP contribution in [0.4, 0.5) is 0 Å². The van der Waals surface area contributed by atoms with E-state index in [-0.39, 0.29) is 11.5 Å². The summed E-state index contributed by atoms with van der Waals surface area (Å²) in [5, 5.41) is 0. The number of likely N-dealkylation sites (tertiary alicyclic amines) is 1. The van der Waals surface area contributed by atoms with E-state index in [4.69, 9.17) is 10.5 Å². The van der Waals surface area contributed by atoms with E-state index in [1.807, 2.05) is 4.90 Å². The minimum atomic E-state index is -0.0114. The second-order valence-corrected chi connectivity index (χ2v) is 4.59. The lowest BCUT2D eigenvalue weighted by molar-refractivity contribution is -0.132. The summed E-state index contributed by atoms with van der Waals surface area (Å²) in [5.74, 6) is 0.184. The molecule has 0 aromatic rings. The number of ether oxygens (including phenoxy) is 1. The third-order valence-electron chi connectivity index (χ3n) is 3.46. The number of nitrogens with zero attached hydrogens (tertiary/aromatic N) is 1. The van der Waals surface area contributed by atoms with Crippen molar-refractivity contribution in [3.05, 3.63) is 0 Å². The molecule has 2 aliphatic heterocycles. The summed E-state index contributed by atoms with van der Waals surface area (Å²) in [5.41, 5.74) is 5.38. The lowest BCUT2D eigenvalue weighted by Crippen LogP contribution is -2.41. The van der Waals surface area contributed by atoms with Crippen LogP contribution in [-0.2, 0) is 9.53 Å². The number of hydrogen-bond donors (Lipinski definition) is 1. The van der Waals surface area contributed by atoms with Gasteiger partial charge in [-0.2, -0.15) is 0 Å². The van der Waals surface area contributed by atoms with Gasteiger partial charge in [0.25, 0.3) is 0 Å². The van der Waals surface area contributed by atoms with E-state index in [0.29, 0.717) is 13.0 Å². The molecule has 15 heavy (non-hydrogen) atoms. The van der Waals surface area contributed by atoms with Crippen LogP contribution in [0.3, 0.4) is 0 Å². The van der Waals surface area contributed by atoms with Crippen molar-refractivity contribution in [1.82, 2.24) is 4.90 Å². The first-order valence-corrected chi connectivity index (χ1v) is 5.88. The predicted molar refractivity (Wildman–Crippen MR) is 57.4 cm³/mol. The second-order valence-electron chi connectivity index (χ2n) is 4.59. The third-order valence-corrected chi connectivity index (χ3v) is 3.46. The maximum atomic E-state index is 11.7. The van der Waals surface area contributed by atoms with Crippen LogP contribution in [0.25, 0.3) is 0 Å². The Kier molecular flexibility index (Phi) is 3.26. The number of rotatable bonds is 2. The van der Waals surface area contributed by atoms with Crippen molar-refractivity contribution in [2.75, 3.05) is 26.2 Å². The van der Waals surface area contributed by atoms with Crippen LogP contribution < -0.4 is 5.73 Å². The highest BCUT2D eigenvalue weighted by Gasteiger charge is 2.41. The van der Waals surface area contributed by atoms with Gasteiger partial charge in [-0.3, -0.25) is 4.79 Å². The average molecular weight is 212 g/mol. The topological polar surface area (TPSA) is 55.6 Å². The summed E-state index contributed by atoms with van der Waals surface area (Å²) in [6.45, 7) is 2.94. The summed E-state index contributed by atoms with van der Waals surface area (Å²) in [6.07, 6.45) is 4.98. The van der Waals surface area contributed by atoms with E-state index >= 15 is 0 Å². The molecule has 86 valence electrons. The van der Waals surface area contributed by atoms with Crippen LogP contribution in [-0.4, -0.2) is 42.6 Å². The van der Waals surface area contributed by atoms with Gasteiger partial charge in [0, 0.05) is 32.7 Å². The molecule has 1 spiro atoms. The Bertz CT molecular complexity index is 237. The van der Waals surface area contributed by atoms with Crippen molar-refractivity contribution in [2.24, 2.45) is 5.73 Å². The first-order chi connectivity index (χ1) is 7.26. The molecule has 0 saturated carbocycles. The van der Waals surface area contributed by atoms with Gasteiger partial charge >= 0.3 is 0 Å². The fourth-order valence-corrected chi connectivity index (χ4v) is 2.57. The molecule has 2 rings (SSSR count). The van der Waals surface area contributed by atoms with Gasteiger partial charge in [0.2, 0.25) is 5.91 Å². The van der Waals surface area contributed by atoms with E-state index in [0.717, 1.165) is 32.5 Å². The zero-order valence-corrected chi connectivity index (χ0v) is 9.21. The Balaban J connectivity index is 1.90. The Labute approximate surface area is 90.8 Å². The van der Waals surface area contributed by atoms with E-state index in [2.05, 4.69) is 0 Å². The van der Waals surface area contributed by atoms with Gasteiger partial charge in [-0.05, 0) is 25.7 Å². The molecule has 2 saturated heterocycles. The van der Waals surface area contributed by atoms with Crippen LogP contribution in [0.1, 0.15) is 32.1 Å². The fraction of sp³-hybridized carbons (Fsp3) is 0.909. The molecule has 1 amide bonds. The van der Waals surface area contributed by atoms with Gasteiger partial charge in [-0.25, -0.2) is 0 Å². The van der Waals surface area contributed by atoms with Gasteiger partial charge < -0.3 is 15.4 Å². The van der Waals surface area contributed by atoms with Crippen molar-refractivity contribution < 1.29 is 9.53 Å². The normalized spacial score (nSPS) is 31.1. The van der Waals surface area contributed by atoms with Crippen LogP contribution in [0, 0.1) is 0 Å². The molecule has 4 heteroatoms. The summed E-state index contributed by atoms with van der Waals surface area (Å²) in [7, 11) is 0. The Morgan fingerprint density at radius 3 is 2.93 bits per heavy atom. The first-order valence-electron chi connectivity index (χ1n) is 5.88. The number of carbonyl (C=O) groups excluding carboxylic acids is 1. The highest BCUT2D eigenvalue weighted by Crippen LogP contribution is 2.34. The zero-order valence-electron chi connectivity index (χ0n) is 9.21. The molecule has 1 unspecified atom stereocenters. The van der Waals surface area contributed by atoms with Crippen LogP contribution in [0.5, 0.6) is 0 Å². The van der Waals surface area contributed by atoms with Crippen molar-refractivity contribution in [1.29, 1.82) is 0 Å². The standard InChI is InChI=1S/C11H20N2O2/c12-6-3-10(14)13-7-5-11(9-13)4-1-2-8-15-11/h1-9,12H2. The van der Waals surface area contributed by atoms with E-state index < -0.39 is 0 Å². The SMILES string of the molecule is NCCC(=O)N1CCC2(CCCCO2)C1. The molecule has 0 bridgehead atoms. The zero-order chi connectivity index (χ0) is 10.7. The Morgan fingerprint density at radius 1 is 1.40 bits per heavy atom. The minimum absolute atomic E-state index is 0.0114. The molecule has 2 aliphatic rings. The smallest absolute Gasteiger partial charge is 0.223 e. The third kappa shape index (κ3) is 2.32. The number of hydrogen-bond acceptors (Lipinski definition) is 3. The molecule has 0 radical (unpaired) electrons. The van der Waals surface area contributed by atoms with Crippen molar-refractivity contribution in [3.8, 4) is 0 Å². The number of carbonyl (C=O) groups is 1. The maximum absolute atomic E-state index is 11.7. The first kappa shape index (κ1) is 10.9. The molecule has 0 aromatic carbocycles. The Hall–Kier alpha value is -0.610. The summed E-state index contributed by atoms with van der Waals surface area (Å²) in [4.78, 5) is 13.6. The largest absolute Gasteiger partial charge is 0.373 e. The second kappa shape index (κ2) is 4.49. The predicted octanol–water partition coefficient (Wildman–Crippen LogP) is 0.507. The lowest BCUT2D eigenvalue weighted by atomic mass is 9.93. The summed E-state index contributed by atoms with van der Waals surface area (Å²) in [6, 6.07) is 0. The maximum Gasteiger partial charge on any atom is 0.223 e. The molecule has 4 nitrogen and oxygen atoms in total. The number of amides is 1. The molecule has 1 atom stereocenters. The molecular weight excluding hydrogens is 192 g/mol. The molecule has 2 fully saturated rings. The highest BCUT2D eigenvalue weighted by molar-refractivity contribution is 5.76. The van der Waals surface area contributed by atoms with E-state index in [1.165, 1.54) is 12.8 Å². The van der Waals surface area contributed by atoms with Crippen LogP contribution in [0.15, 0.2) is 0 Å². The fourth-order valence-electron chi connectivity index (χ4n) is 2.57. The van der Waals surface area contributed by atoms with Gasteiger partial charge in [0.15, 0.2) is 0 Å². The van der Waals surface area contributed by atoms with Crippen molar-refractivity contribution in [3.63, 3.8) is 0 Å². The van der Waals surface area contributed by atoms with Gasteiger partial charge in [-0.15, -0.1) is 0 Å². The molecule has 0 aliphatic carbocycles. The van der Waals surface area contributed by atoms with Crippen molar-refractivity contribution in [2.45, 2.75) is 37.7 Å². The van der Waals surface area contributed by atoms with E-state index in [9.17, 15) is 4.79 Å². The Morgan fingerprint density at radius 2 is 2.27 bits per heavy atom. The number of nitrogens with two attached hydrogens (primary N) is 1. The van der Waals surface area contributed by atoms with Crippen LogP contribution in [0.2, 0.25) is 0 Å². The quantitative estimate of drug-likeness (QED) is 0.725. The van der Waals surface area contributed by atoms with Gasteiger partial charge in [0.05, 0.1) is 5.60 Å². The molecular formula is C11H20N2O2. The van der Waals surface area contributed by atoms with Gasteiger partial charge in [-0.1, -0.05) is 0 Å². The summed E-state index contributed by atoms with van der Waals surface area (Å²) < 4.78 is 5.86. The summed E-state index contributed by atoms with van der Waals surface area (Å²) >= 11 is 0. The van der Waals surface area contributed by atoms with Crippen LogP contribution >= 0.6 is 0 Å². The average Bonchev–Trinajstić information content (AvgIpc) is 2.64. The molecule has 2 heterocycles. The van der Waals surface area contributed by atoms with E-state index in [1.54, 1.807) is 0 Å². The molecule has 0 aromatic heterocycles. The van der Waals surface area contributed by atoms with Gasteiger partial charge in [0.1, 0.15) is 0 Å². The molecule has 2 N–H and O–H groups in total. The van der Waals surface area contributed by atoms with Crippen molar-refractivity contribution >= 4 is 5.91 Å².